The van der Waals surface area contributed by atoms with Crippen molar-refractivity contribution < 1.29 is 9.59 Å². The molecule has 0 spiro atoms. The predicted octanol–water partition coefficient (Wildman–Crippen LogP) is 0.487. The fourth-order valence-corrected chi connectivity index (χ4v) is 2.23. The highest BCUT2D eigenvalue weighted by atomic mass is 16.2. The van der Waals surface area contributed by atoms with E-state index in [1.807, 2.05) is 6.07 Å². The molecule has 2 heterocycles. The van der Waals surface area contributed by atoms with Crippen LogP contribution in [0.3, 0.4) is 0 Å². The SMILES string of the molecule is NNc1cnc(CN2C(=O)Cc3ccccc3C2=O)cn1. The first-order chi connectivity index (χ1) is 10.2. The summed E-state index contributed by atoms with van der Waals surface area (Å²) in [5, 5.41) is 0. The van der Waals surface area contributed by atoms with E-state index in [-0.39, 0.29) is 24.8 Å². The highest BCUT2D eigenvalue weighted by Gasteiger charge is 2.30. The zero-order valence-corrected chi connectivity index (χ0v) is 11.1. The summed E-state index contributed by atoms with van der Waals surface area (Å²) in [5.41, 5.74) is 4.21. The second-order valence-electron chi connectivity index (χ2n) is 4.66. The van der Waals surface area contributed by atoms with Crippen LogP contribution in [-0.2, 0) is 17.8 Å². The van der Waals surface area contributed by atoms with Gasteiger partial charge in [0, 0.05) is 5.56 Å². The summed E-state index contributed by atoms with van der Waals surface area (Å²) in [6.45, 7) is 0.101. The molecule has 7 heteroatoms. The van der Waals surface area contributed by atoms with E-state index in [0.717, 1.165) is 5.56 Å². The predicted molar refractivity (Wildman–Crippen MR) is 74.9 cm³/mol. The molecule has 1 aliphatic heterocycles. The maximum Gasteiger partial charge on any atom is 0.261 e. The van der Waals surface area contributed by atoms with Crippen LogP contribution in [0.15, 0.2) is 36.7 Å². The molecule has 0 bridgehead atoms. The Morgan fingerprint density at radius 2 is 2.00 bits per heavy atom. The molecule has 2 amide bonds. The molecule has 3 rings (SSSR count). The van der Waals surface area contributed by atoms with Gasteiger partial charge in [0.2, 0.25) is 5.91 Å². The molecule has 0 saturated heterocycles. The molecule has 0 aliphatic carbocycles. The van der Waals surface area contributed by atoms with Crippen molar-refractivity contribution in [1.82, 2.24) is 14.9 Å². The smallest absolute Gasteiger partial charge is 0.261 e. The number of rotatable bonds is 3. The van der Waals surface area contributed by atoms with Crippen molar-refractivity contribution in [3.8, 4) is 0 Å². The highest BCUT2D eigenvalue weighted by Crippen LogP contribution is 2.20. The van der Waals surface area contributed by atoms with Gasteiger partial charge < -0.3 is 5.43 Å². The summed E-state index contributed by atoms with van der Waals surface area (Å²) in [6.07, 6.45) is 3.15. The second-order valence-corrected chi connectivity index (χ2v) is 4.66. The largest absolute Gasteiger partial charge is 0.307 e. The van der Waals surface area contributed by atoms with Crippen molar-refractivity contribution in [3.05, 3.63) is 53.5 Å². The number of carbonyl (C=O) groups is 2. The maximum absolute atomic E-state index is 12.4. The quantitative estimate of drug-likeness (QED) is 0.483. The molecule has 3 N–H and O–H groups in total. The average Bonchev–Trinajstić information content (AvgIpc) is 2.52. The number of benzene rings is 1. The zero-order valence-electron chi connectivity index (χ0n) is 11.1. The molecular formula is C14H13N5O2. The normalized spacial score (nSPS) is 14.0. The van der Waals surface area contributed by atoms with Crippen molar-refractivity contribution >= 4 is 17.6 Å². The maximum atomic E-state index is 12.4. The summed E-state index contributed by atoms with van der Waals surface area (Å²) in [6, 6.07) is 7.12. The minimum absolute atomic E-state index is 0.101. The lowest BCUT2D eigenvalue weighted by molar-refractivity contribution is -0.128. The Labute approximate surface area is 120 Å². The minimum atomic E-state index is -0.301. The van der Waals surface area contributed by atoms with E-state index in [4.69, 9.17) is 5.84 Å². The number of fused-ring (bicyclic) bond motifs is 1. The number of hydrogen-bond donors (Lipinski definition) is 2. The molecule has 1 aromatic heterocycles. The van der Waals surface area contributed by atoms with Gasteiger partial charge in [-0.2, -0.15) is 0 Å². The molecular weight excluding hydrogens is 270 g/mol. The third-order valence-corrected chi connectivity index (χ3v) is 3.31. The van der Waals surface area contributed by atoms with Crippen LogP contribution in [0, 0.1) is 0 Å². The Morgan fingerprint density at radius 1 is 1.19 bits per heavy atom. The van der Waals surface area contributed by atoms with E-state index >= 15 is 0 Å². The lowest BCUT2D eigenvalue weighted by atomic mass is 9.98. The van der Waals surface area contributed by atoms with E-state index in [0.29, 0.717) is 17.1 Å². The Hall–Kier alpha value is -2.80. The minimum Gasteiger partial charge on any atom is -0.307 e. The molecule has 0 saturated carbocycles. The number of nitrogens with two attached hydrogens (primary N) is 1. The Morgan fingerprint density at radius 3 is 2.71 bits per heavy atom. The van der Waals surface area contributed by atoms with Crippen LogP contribution in [0.4, 0.5) is 5.82 Å². The van der Waals surface area contributed by atoms with Crippen LogP contribution in [0.25, 0.3) is 0 Å². The molecule has 7 nitrogen and oxygen atoms in total. The van der Waals surface area contributed by atoms with Crippen LogP contribution < -0.4 is 11.3 Å². The first-order valence-corrected chi connectivity index (χ1v) is 6.39. The summed E-state index contributed by atoms with van der Waals surface area (Å²) >= 11 is 0. The van der Waals surface area contributed by atoms with E-state index in [9.17, 15) is 9.59 Å². The lowest BCUT2D eigenvalue weighted by Gasteiger charge is -2.26. The Kier molecular flexibility index (Phi) is 3.33. The van der Waals surface area contributed by atoms with E-state index in [2.05, 4.69) is 15.4 Å². The number of nitrogens with one attached hydrogen (secondary N) is 1. The van der Waals surface area contributed by atoms with Gasteiger partial charge in [-0.3, -0.25) is 19.5 Å². The van der Waals surface area contributed by atoms with Crippen LogP contribution >= 0.6 is 0 Å². The van der Waals surface area contributed by atoms with Crippen molar-refractivity contribution in [3.63, 3.8) is 0 Å². The van der Waals surface area contributed by atoms with Crippen molar-refractivity contribution in [2.24, 2.45) is 5.84 Å². The fourth-order valence-electron chi connectivity index (χ4n) is 2.23. The average molecular weight is 283 g/mol. The van der Waals surface area contributed by atoms with E-state index in [1.165, 1.54) is 17.3 Å². The van der Waals surface area contributed by atoms with Crippen molar-refractivity contribution in [1.29, 1.82) is 0 Å². The summed E-state index contributed by atoms with van der Waals surface area (Å²) < 4.78 is 0. The Balaban J connectivity index is 1.85. The number of hydrazine groups is 1. The van der Waals surface area contributed by atoms with Crippen LogP contribution in [0.5, 0.6) is 0 Å². The van der Waals surface area contributed by atoms with Crippen molar-refractivity contribution in [2.45, 2.75) is 13.0 Å². The molecule has 0 fully saturated rings. The molecule has 1 aromatic carbocycles. The first-order valence-electron chi connectivity index (χ1n) is 6.39. The number of nitrogens with zero attached hydrogens (tertiary/aromatic N) is 3. The second kappa shape index (κ2) is 5.29. The molecule has 0 atom stereocenters. The third-order valence-electron chi connectivity index (χ3n) is 3.31. The van der Waals surface area contributed by atoms with Gasteiger partial charge in [-0.15, -0.1) is 0 Å². The highest BCUT2D eigenvalue weighted by molar-refractivity contribution is 6.09. The molecule has 2 aromatic rings. The number of anilines is 1. The number of aromatic nitrogens is 2. The molecule has 106 valence electrons. The van der Waals surface area contributed by atoms with E-state index < -0.39 is 0 Å². The van der Waals surface area contributed by atoms with Crippen LogP contribution in [-0.4, -0.2) is 26.7 Å². The molecule has 1 aliphatic rings. The third kappa shape index (κ3) is 2.46. The zero-order chi connectivity index (χ0) is 14.8. The summed E-state index contributed by atoms with van der Waals surface area (Å²) in [4.78, 5) is 33.8. The van der Waals surface area contributed by atoms with Gasteiger partial charge in [0.15, 0.2) is 5.82 Å². The molecule has 0 unspecified atom stereocenters. The van der Waals surface area contributed by atoms with Gasteiger partial charge in [-0.05, 0) is 11.6 Å². The lowest BCUT2D eigenvalue weighted by Crippen LogP contribution is -2.41. The van der Waals surface area contributed by atoms with Gasteiger partial charge in [-0.1, -0.05) is 18.2 Å². The molecule has 21 heavy (non-hydrogen) atoms. The van der Waals surface area contributed by atoms with Crippen LogP contribution in [0.2, 0.25) is 0 Å². The topological polar surface area (TPSA) is 101 Å². The first kappa shape index (κ1) is 13.2. The molecule has 0 radical (unpaired) electrons. The number of nitrogen functional groups attached to an aromatic ring is 1. The number of amides is 2. The van der Waals surface area contributed by atoms with Gasteiger partial charge >= 0.3 is 0 Å². The van der Waals surface area contributed by atoms with Gasteiger partial charge in [0.05, 0.1) is 31.1 Å². The Bertz CT molecular complexity index is 699. The van der Waals surface area contributed by atoms with Gasteiger partial charge in [0.1, 0.15) is 0 Å². The summed E-state index contributed by atoms with van der Waals surface area (Å²) in [7, 11) is 0. The van der Waals surface area contributed by atoms with Gasteiger partial charge in [0.25, 0.3) is 5.91 Å². The monoisotopic (exact) mass is 283 g/mol. The van der Waals surface area contributed by atoms with E-state index in [1.54, 1.807) is 18.2 Å². The summed E-state index contributed by atoms with van der Waals surface area (Å²) in [5.74, 6) is 5.09. The fraction of sp³-hybridized carbons (Fsp3) is 0.143. The standard InChI is InChI=1S/C14H13N5O2/c15-18-12-7-16-10(6-17-12)8-19-13(20)5-9-3-1-2-4-11(9)14(19)21/h1-4,6-7H,5,8,15H2,(H,17,18). The number of imide groups is 1. The number of carbonyl (C=O) groups excluding carboxylic acids is 2. The number of hydrogen-bond acceptors (Lipinski definition) is 6. The van der Waals surface area contributed by atoms with Gasteiger partial charge in [-0.25, -0.2) is 10.8 Å². The van der Waals surface area contributed by atoms with Crippen LogP contribution in [0.1, 0.15) is 21.6 Å². The van der Waals surface area contributed by atoms with Crippen molar-refractivity contribution in [2.75, 3.05) is 5.43 Å².